The fraction of sp³-hybridized carbons (Fsp3) is 0.394. The first-order valence-corrected chi connectivity index (χ1v) is 16.5. The molecule has 1 unspecified atom stereocenters. The molecule has 4 atom stereocenters. The van der Waals surface area contributed by atoms with Crippen LogP contribution in [0.1, 0.15) is 45.6 Å². The first-order chi connectivity index (χ1) is 21.6. The van der Waals surface area contributed by atoms with E-state index in [0.717, 1.165) is 5.39 Å². The average Bonchev–Trinajstić information content (AvgIpc) is 3.49. The van der Waals surface area contributed by atoms with Crippen LogP contribution >= 0.6 is 0 Å². The number of amides is 3. The van der Waals surface area contributed by atoms with E-state index in [1.165, 1.54) is 17.0 Å². The van der Waals surface area contributed by atoms with Crippen LogP contribution in [0.4, 0.5) is 0 Å². The Hall–Kier alpha value is -4.33. The molecule has 13 heteroatoms. The summed E-state index contributed by atoms with van der Waals surface area (Å²) in [6.07, 6.45) is -1.67. The van der Waals surface area contributed by atoms with E-state index in [-0.39, 0.29) is 17.9 Å². The number of aliphatic hydroxyl groups is 1. The number of hydrogen-bond acceptors (Lipinski definition) is 8. The molecule has 0 aliphatic carbocycles. The van der Waals surface area contributed by atoms with E-state index < -0.39 is 70.0 Å². The second kappa shape index (κ2) is 14.4. The summed E-state index contributed by atoms with van der Waals surface area (Å²) in [5, 5.41) is 15.4. The number of esters is 1. The Morgan fingerprint density at radius 1 is 1.00 bits per heavy atom. The summed E-state index contributed by atoms with van der Waals surface area (Å²) >= 11 is 0. The molecule has 1 saturated heterocycles. The van der Waals surface area contributed by atoms with E-state index in [4.69, 9.17) is 10.5 Å². The van der Waals surface area contributed by atoms with Gasteiger partial charge in [0.2, 0.25) is 21.8 Å². The van der Waals surface area contributed by atoms with Gasteiger partial charge in [-0.2, -0.15) is 4.72 Å². The molecule has 246 valence electrons. The van der Waals surface area contributed by atoms with Gasteiger partial charge in [0.1, 0.15) is 17.7 Å². The first kappa shape index (κ1) is 34.5. The molecule has 12 nitrogen and oxygen atoms in total. The maximum absolute atomic E-state index is 13.6. The zero-order valence-electron chi connectivity index (χ0n) is 26.0. The molecule has 46 heavy (non-hydrogen) atoms. The van der Waals surface area contributed by atoms with Crippen molar-refractivity contribution in [3.05, 3.63) is 78.4 Å². The van der Waals surface area contributed by atoms with E-state index in [2.05, 4.69) is 10.0 Å². The van der Waals surface area contributed by atoms with Crippen LogP contribution in [0.15, 0.2) is 77.7 Å². The van der Waals surface area contributed by atoms with Gasteiger partial charge in [0.15, 0.2) is 6.10 Å². The molecule has 0 saturated carbocycles. The Bertz CT molecular complexity index is 1690. The van der Waals surface area contributed by atoms with Crippen LogP contribution in [0.2, 0.25) is 0 Å². The quantitative estimate of drug-likeness (QED) is 0.213. The second-order valence-corrected chi connectivity index (χ2v) is 14.0. The second-order valence-electron chi connectivity index (χ2n) is 12.3. The summed E-state index contributed by atoms with van der Waals surface area (Å²) in [6, 6.07) is 16.5. The highest BCUT2D eigenvalue weighted by Crippen LogP contribution is 2.24. The number of aliphatic hydroxyl groups excluding tert-OH is 1. The summed E-state index contributed by atoms with van der Waals surface area (Å²) in [4.78, 5) is 53.2. The zero-order valence-corrected chi connectivity index (χ0v) is 26.8. The van der Waals surface area contributed by atoms with Gasteiger partial charge >= 0.3 is 5.97 Å². The van der Waals surface area contributed by atoms with Crippen LogP contribution in [-0.4, -0.2) is 78.5 Å². The summed E-state index contributed by atoms with van der Waals surface area (Å²) in [6.45, 7) is 5.33. The topological polar surface area (TPSA) is 185 Å². The molecule has 0 aromatic heterocycles. The number of likely N-dealkylation sites (tertiary alicyclic amines) is 1. The summed E-state index contributed by atoms with van der Waals surface area (Å²) in [5.41, 5.74) is 5.26. The molecule has 4 rings (SSSR count). The average molecular weight is 653 g/mol. The van der Waals surface area contributed by atoms with Crippen molar-refractivity contribution in [1.82, 2.24) is 14.9 Å². The maximum atomic E-state index is 13.6. The minimum absolute atomic E-state index is 0.0227. The van der Waals surface area contributed by atoms with Gasteiger partial charge in [-0.3, -0.25) is 14.4 Å². The van der Waals surface area contributed by atoms with Gasteiger partial charge in [0.25, 0.3) is 5.91 Å². The Morgan fingerprint density at radius 3 is 2.30 bits per heavy atom. The molecule has 1 heterocycles. The van der Waals surface area contributed by atoms with Crippen LogP contribution in [0.5, 0.6) is 0 Å². The molecule has 1 aliphatic heterocycles. The van der Waals surface area contributed by atoms with Crippen LogP contribution in [0.25, 0.3) is 10.8 Å². The highest BCUT2D eigenvalue weighted by atomic mass is 32.2. The maximum Gasteiger partial charge on any atom is 0.329 e. The number of benzene rings is 3. The lowest BCUT2D eigenvalue weighted by Crippen LogP contribution is -2.58. The predicted molar refractivity (Wildman–Crippen MR) is 171 cm³/mol. The van der Waals surface area contributed by atoms with Crippen molar-refractivity contribution in [3.8, 4) is 0 Å². The van der Waals surface area contributed by atoms with Gasteiger partial charge in [0, 0.05) is 6.54 Å². The SMILES string of the molecule is CC(C)(C)OC(=O)[C@@H]1CCCN1C(=O)C(O)[C@H](Cc1ccccc1)NC(=O)[C@H](CC(N)=O)NS(=O)(=O)c1ccc2ccccc2c1. The molecule has 0 bridgehead atoms. The number of nitrogens with one attached hydrogen (secondary N) is 2. The van der Waals surface area contributed by atoms with Gasteiger partial charge < -0.3 is 25.8 Å². The van der Waals surface area contributed by atoms with Crippen LogP contribution in [-0.2, 0) is 40.4 Å². The van der Waals surface area contributed by atoms with Gasteiger partial charge in [-0.15, -0.1) is 0 Å². The van der Waals surface area contributed by atoms with Gasteiger partial charge in [-0.05, 0) is 68.5 Å². The summed E-state index contributed by atoms with van der Waals surface area (Å²) in [7, 11) is -4.33. The van der Waals surface area contributed by atoms with Crippen molar-refractivity contribution >= 4 is 44.5 Å². The number of sulfonamides is 1. The number of carbonyl (C=O) groups is 4. The summed E-state index contributed by atoms with van der Waals surface area (Å²) < 4.78 is 34.5. The number of ether oxygens (including phenoxy) is 1. The molecule has 3 aromatic rings. The molecule has 1 aliphatic rings. The van der Waals surface area contributed by atoms with Gasteiger partial charge in [-0.1, -0.05) is 60.7 Å². The van der Waals surface area contributed by atoms with Crippen molar-refractivity contribution in [2.45, 2.75) is 81.2 Å². The molecule has 3 aromatic carbocycles. The van der Waals surface area contributed by atoms with Crippen LogP contribution < -0.4 is 15.8 Å². The lowest BCUT2D eigenvalue weighted by Gasteiger charge is -2.32. The van der Waals surface area contributed by atoms with Crippen LogP contribution in [0, 0.1) is 0 Å². The minimum Gasteiger partial charge on any atom is -0.458 e. The number of fused-ring (bicyclic) bond motifs is 1. The van der Waals surface area contributed by atoms with E-state index >= 15 is 0 Å². The van der Waals surface area contributed by atoms with E-state index in [0.29, 0.717) is 23.8 Å². The predicted octanol–water partition coefficient (Wildman–Crippen LogP) is 1.78. The Balaban J connectivity index is 1.58. The van der Waals surface area contributed by atoms with Crippen molar-refractivity contribution in [3.63, 3.8) is 0 Å². The first-order valence-electron chi connectivity index (χ1n) is 15.0. The fourth-order valence-electron chi connectivity index (χ4n) is 5.36. The monoisotopic (exact) mass is 652 g/mol. The molecule has 3 amide bonds. The number of primary amides is 1. The van der Waals surface area contributed by atoms with Crippen molar-refractivity contribution in [2.75, 3.05) is 6.54 Å². The normalized spacial score (nSPS) is 17.2. The number of nitrogens with zero attached hydrogens (tertiary/aromatic N) is 1. The third kappa shape index (κ3) is 8.89. The molecular weight excluding hydrogens is 612 g/mol. The number of carbonyl (C=O) groups excluding carboxylic acids is 4. The van der Waals surface area contributed by atoms with Crippen molar-refractivity contribution in [1.29, 1.82) is 0 Å². The molecular formula is C33H40N4O8S. The van der Waals surface area contributed by atoms with Crippen molar-refractivity contribution < 1.29 is 37.4 Å². The largest absolute Gasteiger partial charge is 0.458 e. The lowest BCUT2D eigenvalue weighted by atomic mass is 9.99. The molecule has 0 radical (unpaired) electrons. The van der Waals surface area contributed by atoms with Crippen LogP contribution in [0.3, 0.4) is 0 Å². The number of rotatable bonds is 12. The summed E-state index contributed by atoms with van der Waals surface area (Å²) in [5.74, 6) is -3.31. The third-order valence-electron chi connectivity index (χ3n) is 7.53. The standard InChI is InChI=1S/C33H40N4O8S/c1-33(2,3)45-32(42)27-14-9-17-37(27)31(41)29(39)25(18-21-10-5-4-6-11-21)35-30(40)26(20-28(34)38)36-46(43,44)24-16-15-22-12-7-8-13-23(22)19-24/h4-8,10-13,15-16,19,25-27,29,36,39H,9,14,17-18,20H2,1-3H3,(H2,34,38)(H,35,40)/t25-,26-,27-,29?/m0/s1. The molecule has 5 N–H and O–H groups in total. The van der Waals surface area contributed by atoms with E-state index in [9.17, 15) is 32.7 Å². The third-order valence-corrected chi connectivity index (χ3v) is 8.99. The smallest absolute Gasteiger partial charge is 0.329 e. The van der Waals surface area contributed by atoms with E-state index in [1.54, 1.807) is 69.3 Å². The van der Waals surface area contributed by atoms with E-state index in [1.807, 2.05) is 12.1 Å². The number of hydrogen-bond donors (Lipinski definition) is 4. The number of nitrogens with two attached hydrogens (primary N) is 1. The lowest BCUT2D eigenvalue weighted by molar-refractivity contribution is -0.165. The van der Waals surface area contributed by atoms with Gasteiger partial charge in [-0.25, -0.2) is 13.2 Å². The highest BCUT2D eigenvalue weighted by Gasteiger charge is 2.42. The molecule has 1 fully saturated rings. The Labute approximate surface area is 268 Å². The zero-order chi connectivity index (χ0) is 33.6. The molecule has 0 spiro atoms. The minimum atomic E-state index is -4.33. The fourth-order valence-corrected chi connectivity index (χ4v) is 6.59. The van der Waals surface area contributed by atoms with Crippen molar-refractivity contribution in [2.24, 2.45) is 5.73 Å². The highest BCUT2D eigenvalue weighted by molar-refractivity contribution is 7.89. The Morgan fingerprint density at radius 2 is 1.65 bits per heavy atom. The van der Waals surface area contributed by atoms with Gasteiger partial charge in [0.05, 0.1) is 17.4 Å². The Kier molecular flexibility index (Phi) is 10.8.